The molecule has 0 spiro atoms. The fourth-order valence-corrected chi connectivity index (χ4v) is 5.88. The minimum absolute atomic E-state index is 0.0361. The Balaban J connectivity index is 1.30. The number of aromatic amines is 1. The number of alkyl halides is 6. The Labute approximate surface area is 262 Å². The summed E-state index contributed by atoms with van der Waals surface area (Å²) in [6.07, 6.45) is -7.33. The number of carbonyl (C=O) groups excluding carboxylic acids is 1. The third-order valence-corrected chi connectivity index (χ3v) is 8.41. The number of ether oxygens (including phenoxy) is 1. The minimum atomic E-state index is -5.05. The van der Waals surface area contributed by atoms with E-state index < -0.39 is 41.0 Å². The Morgan fingerprint density at radius 1 is 0.957 bits per heavy atom. The molecule has 1 N–H and O–H groups in total. The molecule has 46 heavy (non-hydrogen) atoms. The van der Waals surface area contributed by atoms with E-state index >= 15 is 0 Å². The van der Waals surface area contributed by atoms with Crippen molar-refractivity contribution in [1.29, 1.82) is 0 Å². The highest BCUT2D eigenvalue weighted by atomic mass is 19.4. The molecule has 1 aromatic heterocycles. The van der Waals surface area contributed by atoms with Gasteiger partial charge in [-0.25, -0.2) is 0 Å². The van der Waals surface area contributed by atoms with E-state index in [1.165, 1.54) is 4.90 Å². The fourth-order valence-electron chi connectivity index (χ4n) is 5.88. The van der Waals surface area contributed by atoms with E-state index in [-0.39, 0.29) is 12.6 Å². The first kappa shape index (κ1) is 33.7. The Bertz CT molecular complexity index is 1480. The van der Waals surface area contributed by atoms with Crippen LogP contribution in [0.2, 0.25) is 0 Å². The van der Waals surface area contributed by atoms with Gasteiger partial charge in [-0.1, -0.05) is 23.4 Å². The van der Waals surface area contributed by atoms with Crippen molar-refractivity contribution in [2.45, 2.75) is 38.2 Å². The molecule has 3 aromatic rings. The van der Waals surface area contributed by atoms with Crippen molar-refractivity contribution in [3.63, 3.8) is 0 Å². The molecule has 2 aromatic carbocycles. The summed E-state index contributed by atoms with van der Waals surface area (Å²) in [5, 5.41) is 5.16. The molecule has 1 amide bonds. The number of morpholine rings is 1. The Morgan fingerprint density at radius 2 is 1.65 bits per heavy atom. The van der Waals surface area contributed by atoms with Crippen molar-refractivity contribution in [1.82, 2.24) is 19.7 Å². The highest BCUT2D eigenvalue weighted by Crippen LogP contribution is 2.37. The molecular formula is C32H37F6N5O3. The van der Waals surface area contributed by atoms with Gasteiger partial charge in [0.05, 0.1) is 30.1 Å². The third kappa shape index (κ3) is 8.59. The van der Waals surface area contributed by atoms with Crippen LogP contribution in [0.15, 0.2) is 53.8 Å². The number of nitrogens with zero attached hydrogens (tertiary/aromatic N) is 4. The first-order chi connectivity index (χ1) is 21.9. The van der Waals surface area contributed by atoms with E-state index in [9.17, 15) is 31.1 Å². The van der Waals surface area contributed by atoms with Crippen LogP contribution in [0.1, 0.15) is 40.4 Å². The molecule has 5 rings (SSSR count). The van der Waals surface area contributed by atoms with Crippen LogP contribution in [-0.4, -0.2) is 103 Å². The summed E-state index contributed by atoms with van der Waals surface area (Å²) < 4.78 is 86.8. The van der Waals surface area contributed by atoms with Crippen LogP contribution < -0.4 is 0 Å². The average Bonchev–Trinajstić information content (AvgIpc) is 3.44. The van der Waals surface area contributed by atoms with Gasteiger partial charge in [0.1, 0.15) is 6.61 Å². The normalized spacial score (nSPS) is 19.2. The molecule has 2 fully saturated rings. The topological polar surface area (TPSA) is 73.4 Å². The van der Waals surface area contributed by atoms with Crippen LogP contribution in [-0.2, 0) is 28.3 Å². The number of amides is 1. The van der Waals surface area contributed by atoms with Crippen molar-refractivity contribution < 1.29 is 40.7 Å². The summed E-state index contributed by atoms with van der Waals surface area (Å²) in [7, 11) is 0. The van der Waals surface area contributed by atoms with Crippen molar-refractivity contribution in [3.8, 4) is 0 Å². The fraction of sp³-hybridized carbons (Fsp3) is 0.500. The summed E-state index contributed by atoms with van der Waals surface area (Å²) in [6, 6.07) is 8.12. The van der Waals surface area contributed by atoms with Crippen LogP contribution in [0.3, 0.4) is 0 Å². The SMILES string of the molecule is CC(CCN1CCN(C(=O)c2cc(C(F)(F)F)cc(C(F)(F)F)c2)[C@H](Cc2c[nH]c3ccccc23)C1)=NOCCN1CCOCC1. The maximum atomic E-state index is 13.7. The van der Waals surface area contributed by atoms with E-state index in [0.717, 1.165) is 41.8 Å². The number of piperazine rings is 1. The third-order valence-electron chi connectivity index (χ3n) is 8.41. The summed E-state index contributed by atoms with van der Waals surface area (Å²) in [6.45, 7) is 7.70. The van der Waals surface area contributed by atoms with Gasteiger partial charge in [-0.05, 0) is 43.2 Å². The summed E-state index contributed by atoms with van der Waals surface area (Å²) >= 11 is 0. The molecular weight excluding hydrogens is 616 g/mol. The largest absolute Gasteiger partial charge is 0.416 e. The molecule has 0 saturated carbocycles. The van der Waals surface area contributed by atoms with Crippen LogP contribution in [0.5, 0.6) is 0 Å². The van der Waals surface area contributed by atoms with Crippen molar-refractivity contribution in [2.75, 3.05) is 65.6 Å². The first-order valence-electron chi connectivity index (χ1n) is 15.2. The molecule has 0 aliphatic carbocycles. The maximum Gasteiger partial charge on any atom is 0.416 e. The van der Waals surface area contributed by atoms with E-state index in [1.54, 1.807) is 0 Å². The molecule has 2 saturated heterocycles. The number of carbonyl (C=O) groups is 1. The number of nitrogens with one attached hydrogen (secondary N) is 1. The second kappa shape index (κ2) is 14.4. The number of fused-ring (bicyclic) bond motifs is 1. The Kier molecular flexibility index (Phi) is 10.6. The number of H-pyrrole nitrogens is 1. The molecule has 8 nitrogen and oxygen atoms in total. The van der Waals surface area contributed by atoms with E-state index in [0.29, 0.717) is 64.4 Å². The van der Waals surface area contributed by atoms with Gasteiger partial charge >= 0.3 is 12.4 Å². The standard InChI is InChI=1S/C32H37F6N5O3/c1-22(40-46-15-12-41-10-13-45-14-11-41)6-7-42-8-9-43(27(21-42)18-24-20-39-29-5-3-2-4-28(24)29)30(44)23-16-25(31(33,34)35)19-26(17-23)32(36,37)38/h2-5,16-17,19-20,27,39H,6-15,18,21H2,1H3/t27-/m1/s1. The van der Waals surface area contributed by atoms with Gasteiger partial charge in [0.15, 0.2) is 0 Å². The average molecular weight is 654 g/mol. The Hall–Kier alpha value is -3.62. The lowest BCUT2D eigenvalue weighted by atomic mass is 9.98. The number of rotatable bonds is 10. The zero-order valence-electron chi connectivity index (χ0n) is 25.5. The molecule has 2 aliphatic rings. The van der Waals surface area contributed by atoms with Gasteiger partial charge in [0.25, 0.3) is 5.91 Å². The number of hydrogen-bond acceptors (Lipinski definition) is 6. The van der Waals surface area contributed by atoms with Gasteiger partial charge in [-0.15, -0.1) is 0 Å². The zero-order chi connectivity index (χ0) is 32.9. The van der Waals surface area contributed by atoms with Gasteiger partial charge in [-0.2, -0.15) is 26.3 Å². The lowest BCUT2D eigenvalue weighted by Gasteiger charge is -2.42. The highest BCUT2D eigenvalue weighted by Gasteiger charge is 2.39. The van der Waals surface area contributed by atoms with Crippen LogP contribution in [0.25, 0.3) is 10.9 Å². The molecule has 250 valence electrons. The minimum Gasteiger partial charge on any atom is -0.394 e. The van der Waals surface area contributed by atoms with Gasteiger partial charge in [-0.3, -0.25) is 14.6 Å². The Morgan fingerprint density at radius 3 is 2.35 bits per heavy atom. The van der Waals surface area contributed by atoms with Crippen LogP contribution >= 0.6 is 0 Å². The molecule has 1 atom stereocenters. The van der Waals surface area contributed by atoms with E-state index in [1.807, 2.05) is 37.4 Å². The zero-order valence-corrected chi connectivity index (χ0v) is 25.5. The molecule has 0 unspecified atom stereocenters. The number of para-hydroxylation sites is 1. The van der Waals surface area contributed by atoms with E-state index in [4.69, 9.17) is 9.57 Å². The number of benzene rings is 2. The second-order valence-electron chi connectivity index (χ2n) is 11.7. The highest BCUT2D eigenvalue weighted by molar-refractivity contribution is 5.95. The molecule has 2 aliphatic heterocycles. The summed E-state index contributed by atoms with van der Waals surface area (Å²) in [5.41, 5.74) is -1.10. The van der Waals surface area contributed by atoms with E-state index in [2.05, 4.69) is 19.9 Å². The predicted octanol–water partition coefficient (Wildman–Crippen LogP) is 5.69. The van der Waals surface area contributed by atoms with Gasteiger partial charge in [0, 0.05) is 80.9 Å². The molecule has 0 bridgehead atoms. The van der Waals surface area contributed by atoms with Crippen LogP contribution in [0, 0.1) is 0 Å². The lowest BCUT2D eigenvalue weighted by Crippen LogP contribution is -2.56. The second-order valence-corrected chi connectivity index (χ2v) is 11.7. The molecule has 3 heterocycles. The quantitative estimate of drug-likeness (QED) is 0.132. The number of aromatic nitrogens is 1. The summed E-state index contributed by atoms with van der Waals surface area (Å²) in [5.74, 6) is -0.868. The maximum absolute atomic E-state index is 13.7. The van der Waals surface area contributed by atoms with Gasteiger partial charge in [0.2, 0.25) is 0 Å². The van der Waals surface area contributed by atoms with Crippen LogP contribution in [0.4, 0.5) is 26.3 Å². The lowest BCUT2D eigenvalue weighted by molar-refractivity contribution is -0.143. The van der Waals surface area contributed by atoms with Gasteiger partial charge < -0.3 is 19.5 Å². The van der Waals surface area contributed by atoms with Crippen molar-refractivity contribution in [3.05, 3.63) is 70.9 Å². The van der Waals surface area contributed by atoms with Crippen molar-refractivity contribution in [2.24, 2.45) is 5.16 Å². The van der Waals surface area contributed by atoms with Crippen molar-refractivity contribution >= 4 is 22.5 Å². The number of halogens is 6. The molecule has 14 heteroatoms. The number of oxime groups is 1. The monoisotopic (exact) mass is 653 g/mol. The predicted molar refractivity (Wildman–Crippen MR) is 161 cm³/mol. The smallest absolute Gasteiger partial charge is 0.394 e. The molecule has 0 radical (unpaired) electrons. The first-order valence-corrected chi connectivity index (χ1v) is 15.2. The number of hydrogen-bond donors (Lipinski definition) is 1. The summed E-state index contributed by atoms with van der Waals surface area (Å²) in [4.78, 5) is 28.2.